The molecule has 1 saturated heterocycles. The van der Waals surface area contributed by atoms with E-state index in [0.717, 1.165) is 26.2 Å². The summed E-state index contributed by atoms with van der Waals surface area (Å²) in [6, 6.07) is 0. The van der Waals surface area contributed by atoms with Crippen molar-refractivity contribution in [3.8, 4) is 0 Å². The van der Waals surface area contributed by atoms with E-state index in [1.165, 1.54) is 37.2 Å². The zero-order valence-electron chi connectivity index (χ0n) is 12.6. The third kappa shape index (κ3) is 4.57. The molecule has 2 heterocycles. The molecule has 0 aromatic carbocycles. The van der Waals surface area contributed by atoms with Crippen LogP contribution >= 0.6 is 11.5 Å². The molecule has 0 amide bonds. The number of likely N-dealkylation sites (tertiary alicyclic amines) is 1. The van der Waals surface area contributed by atoms with Gasteiger partial charge < -0.3 is 20.7 Å². The number of hydrogen-bond donors (Lipinski definition) is 2. The average Bonchev–Trinajstić information content (AvgIpc) is 2.67. The fraction of sp³-hybridized carbons (Fsp3) is 0.714. The minimum atomic E-state index is -0.402. The van der Waals surface area contributed by atoms with Crippen LogP contribution in [0.4, 0.5) is 10.8 Å². The van der Waals surface area contributed by atoms with Crippen molar-refractivity contribution in [3.63, 3.8) is 0 Å². The van der Waals surface area contributed by atoms with Gasteiger partial charge in [0.1, 0.15) is 10.6 Å². The summed E-state index contributed by atoms with van der Waals surface area (Å²) in [7, 11) is 0. The molecule has 0 radical (unpaired) electrons. The quantitative estimate of drug-likeness (QED) is 0.784. The number of esters is 1. The first-order valence-corrected chi connectivity index (χ1v) is 8.38. The SMILES string of the molecule is CCOC(=O)c1c(N)nsc1NCCN1CCCCCC1. The van der Waals surface area contributed by atoms with Crippen molar-refractivity contribution in [2.24, 2.45) is 0 Å². The molecular weight excluding hydrogens is 288 g/mol. The fourth-order valence-corrected chi connectivity index (χ4v) is 3.24. The Kier molecular flexibility index (Phi) is 6.25. The highest BCUT2D eigenvalue weighted by Gasteiger charge is 2.20. The van der Waals surface area contributed by atoms with Crippen LogP contribution in [0.2, 0.25) is 0 Å². The normalized spacial score (nSPS) is 16.4. The lowest BCUT2D eigenvalue weighted by atomic mass is 10.2. The molecule has 1 fully saturated rings. The molecule has 0 aliphatic carbocycles. The van der Waals surface area contributed by atoms with Gasteiger partial charge in [-0.2, -0.15) is 4.37 Å². The second kappa shape index (κ2) is 8.19. The average molecular weight is 312 g/mol. The van der Waals surface area contributed by atoms with Gasteiger partial charge in [-0.1, -0.05) is 12.8 Å². The second-order valence-corrected chi connectivity index (χ2v) is 5.95. The van der Waals surface area contributed by atoms with Gasteiger partial charge >= 0.3 is 5.97 Å². The van der Waals surface area contributed by atoms with Crippen LogP contribution in [0.15, 0.2) is 0 Å². The largest absolute Gasteiger partial charge is 0.462 e. The van der Waals surface area contributed by atoms with Crippen molar-refractivity contribution in [1.82, 2.24) is 9.27 Å². The number of aromatic nitrogens is 1. The zero-order valence-corrected chi connectivity index (χ0v) is 13.4. The van der Waals surface area contributed by atoms with E-state index in [-0.39, 0.29) is 5.82 Å². The van der Waals surface area contributed by atoms with Crippen LogP contribution in [0.3, 0.4) is 0 Å². The van der Waals surface area contributed by atoms with Gasteiger partial charge in [-0.15, -0.1) is 0 Å². The number of ether oxygens (including phenoxy) is 1. The third-order valence-electron chi connectivity index (χ3n) is 3.61. The Morgan fingerprint density at radius 3 is 2.76 bits per heavy atom. The van der Waals surface area contributed by atoms with Crippen LogP contribution in [0, 0.1) is 0 Å². The standard InChI is InChI=1S/C14H24N4O2S/c1-2-20-14(19)11-12(15)17-21-13(11)16-7-10-18-8-5-3-4-6-9-18/h16H,2-10H2,1H3,(H2,15,17). The van der Waals surface area contributed by atoms with Crippen LogP contribution in [0.25, 0.3) is 0 Å². The Labute approximate surface area is 129 Å². The van der Waals surface area contributed by atoms with Crippen LogP contribution in [-0.4, -0.2) is 48.0 Å². The van der Waals surface area contributed by atoms with Crippen molar-refractivity contribution in [1.29, 1.82) is 0 Å². The molecule has 118 valence electrons. The van der Waals surface area contributed by atoms with Crippen molar-refractivity contribution >= 4 is 28.3 Å². The molecule has 0 atom stereocenters. The van der Waals surface area contributed by atoms with Gasteiger partial charge in [0.25, 0.3) is 0 Å². The minimum Gasteiger partial charge on any atom is -0.462 e. The highest BCUT2D eigenvalue weighted by molar-refractivity contribution is 7.11. The van der Waals surface area contributed by atoms with Gasteiger partial charge in [0.2, 0.25) is 0 Å². The first kappa shape index (κ1) is 16.0. The predicted molar refractivity (Wildman–Crippen MR) is 85.9 cm³/mol. The summed E-state index contributed by atoms with van der Waals surface area (Å²) in [4.78, 5) is 14.3. The molecule has 1 aliphatic heterocycles. The number of nitrogen functional groups attached to an aromatic ring is 1. The lowest BCUT2D eigenvalue weighted by Crippen LogP contribution is -2.30. The van der Waals surface area contributed by atoms with E-state index in [9.17, 15) is 4.79 Å². The number of hydrogen-bond acceptors (Lipinski definition) is 7. The highest BCUT2D eigenvalue weighted by atomic mass is 32.1. The highest BCUT2D eigenvalue weighted by Crippen LogP contribution is 2.27. The topological polar surface area (TPSA) is 80.5 Å². The van der Waals surface area contributed by atoms with E-state index < -0.39 is 5.97 Å². The summed E-state index contributed by atoms with van der Waals surface area (Å²) in [6.45, 7) is 6.20. The molecule has 7 heteroatoms. The number of nitrogens with zero attached hydrogens (tertiary/aromatic N) is 2. The van der Waals surface area contributed by atoms with Gasteiger partial charge in [-0.3, -0.25) is 0 Å². The van der Waals surface area contributed by atoms with E-state index >= 15 is 0 Å². The number of carbonyl (C=O) groups is 1. The lowest BCUT2D eigenvalue weighted by Gasteiger charge is -2.19. The molecule has 6 nitrogen and oxygen atoms in total. The second-order valence-electron chi connectivity index (χ2n) is 5.18. The number of anilines is 2. The Bertz CT molecular complexity index is 456. The van der Waals surface area contributed by atoms with Gasteiger partial charge in [-0.25, -0.2) is 4.79 Å². The Morgan fingerprint density at radius 1 is 1.38 bits per heavy atom. The van der Waals surface area contributed by atoms with Gasteiger partial charge in [-0.05, 0) is 44.4 Å². The van der Waals surface area contributed by atoms with Crippen molar-refractivity contribution in [2.75, 3.05) is 43.8 Å². The molecule has 2 rings (SSSR count). The lowest BCUT2D eigenvalue weighted by molar-refractivity contribution is 0.0529. The van der Waals surface area contributed by atoms with Gasteiger partial charge in [0.05, 0.1) is 6.61 Å². The maximum Gasteiger partial charge on any atom is 0.344 e. The monoisotopic (exact) mass is 312 g/mol. The number of nitrogens with one attached hydrogen (secondary N) is 1. The van der Waals surface area contributed by atoms with E-state index in [2.05, 4.69) is 14.6 Å². The van der Waals surface area contributed by atoms with Gasteiger partial charge in [0, 0.05) is 13.1 Å². The molecule has 1 aromatic heterocycles. The summed E-state index contributed by atoms with van der Waals surface area (Å²) in [5.74, 6) is -0.156. The predicted octanol–water partition coefficient (Wildman–Crippen LogP) is 2.19. The van der Waals surface area contributed by atoms with Crippen LogP contribution in [0.5, 0.6) is 0 Å². The van der Waals surface area contributed by atoms with Crippen LogP contribution in [-0.2, 0) is 4.74 Å². The molecule has 0 bridgehead atoms. The maximum atomic E-state index is 11.9. The van der Waals surface area contributed by atoms with Gasteiger partial charge in [0.15, 0.2) is 5.82 Å². The number of nitrogens with two attached hydrogens (primary N) is 1. The molecule has 1 aliphatic rings. The van der Waals surface area contributed by atoms with Crippen LogP contribution < -0.4 is 11.1 Å². The number of carbonyl (C=O) groups excluding carboxylic acids is 1. The molecule has 0 saturated carbocycles. The molecule has 21 heavy (non-hydrogen) atoms. The fourth-order valence-electron chi connectivity index (χ4n) is 2.51. The summed E-state index contributed by atoms with van der Waals surface area (Å²) >= 11 is 1.22. The van der Waals surface area contributed by atoms with E-state index in [4.69, 9.17) is 10.5 Å². The van der Waals surface area contributed by atoms with E-state index in [1.807, 2.05) is 0 Å². The smallest absolute Gasteiger partial charge is 0.344 e. The Hall–Kier alpha value is -1.34. The van der Waals surface area contributed by atoms with E-state index in [1.54, 1.807) is 6.92 Å². The van der Waals surface area contributed by atoms with Crippen LogP contribution in [0.1, 0.15) is 43.0 Å². The molecule has 1 aromatic rings. The minimum absolute atomic E-state index is 0.246. The van der Waals surface area contributed by atoms with Crippen molar-refractivity contribution in [2.45, 2.75) is 32.6 Å². The van der Waals surface area contributed by atoms with E-state index in [0.29, 0.717) is 17.2 Å². The summed E-state index contributed by atoms with van der Waals surface area (Å²) < 4.78 is 9.06. The zero-order chi connectivity index (χ0) is 15.1. The maximum absolute atomic E-state index is 11.9. The Balaban J connectivity index is 1.86. The summed E-state index contributed by atoms with van der Waals surface area (Å²) in [5.41, 5.74) is 6.13. The summed E-state index contributed by atoms with van der Waals surface area (Å²) in [5, 5.41) is 3.98. The summed E-state index contributed by atoms with van der Waals surface area (Å²) in [6.07, 6.45) is 5.23. The molecule has 0 unspecified atom stereocenters. The Morgan fingerprint density at radius 2 is 2.10 bits per heavy atom. The third-order valence-corrected chi connectivity index (χ3v) is 4.43. The van der Waals surface area contributed by atoms with Crippen molar-refractivity contribution < 1.29 is 9.53 Å². The molecule has 3 N–H and O–H groups in total. The first-order valence-electron chi connectivity index (χ1n) is 7.61. The first-order chi connectivity index (χ1) is 10.2. The molecule has 0 spiro atoms. The molecular formula is C14H24N4O2S. The van der Waals surface area contributed by atoms with Crippen molar-refractivity contribution in [3.05, 3.63) is 5.56 Å². The number of rotatable bonds is 6.